The van der Waals surface area contributed by atoms with E-state index in [9.17, 15) is 13.5 Å². The minimum atomic E-state index is -3.05. The number of aliphatic hydroxyl groups is 1. The van der Waals surface area contributed by atoms with E-state index in [1.807, 2.05) is 0 Å². The lowest BCUT2D eigenvalue weighted by Gasteiger charge is -2.29. The third-order valence-corrected chi connectivity index (χ3v) is 6.51. The summed E-state index contributed by atoms with van der Waals surface area (Å²) in [5.74, 6) is 0.734. The predicted octanol–water partition coefficient (Wildman–Crippen LogP) is 2.92. The van der Waals surface area contributed by atoms with Crippen molar-refractivity contribution in [2.24, 2.45) is 5.92 Å². The third kappa shape index (κ3) is 4.54. The van der Waals surface area contributed by atoms with E-state index in [1.165, 1.54) is 6.42 Å². The summed E-state index contributed by atoms with van der Waals surface area (Å²) in [5.41, 5.74) is 0. The van der Waals surface area contributed by atoms with Crippen molar-refractivity contribution in [3.63, 3.8) is 0 Å². The van der Waals surface area contributed by atoms with Crippen LogP contribution >= 0.6 is 0 Å². The van der Waals surface area contributed by atoms with E-state index in [0.29, 0.717) is 18.8 Å². The SMILES string of the molecule is CCCCC(CC)CC(O)C1CCCCS1(=O)=O. The van der Waals surface area contributed by atoms with E-state index >= 15 is 0 Å². The van der Waals surface area contributed by atoms with Gasteiger partial charge in [-0.05, 0) is 25.2 Å². The summed E-state index contributed by atoms with van der Waals surface area (Å²) < 4.78 is 23.9. The van der Waals surface area contributed by atoms with Crippen LogP contribution in [0.3, 0.4) is 0 Å². The highest BCUT2D eigenvalue weighted by atomic mass is 32.2. The number of hydrogen-bond acceptors (Lipinski definition) is 3. The number of unbranched alkanes of at least 4 members (excludes halogenated alkanes) is 1. The first-order valence-electron chi connectivity index (χ1n) is 7.40. The molecule has 3 unspecified atom stereocenters. The fourth-order valence-corrected chi connectivity index (χ4v) is 4.91. The van der Waals surface area contributed by atoms with Crippen LogP contribution in [0.4, 0.5) is 0 Å². The molecular formula is C14H28O3S. The zero-order valence-electron chi connectivity index (χ0n) is 11.8. The molecule has 3 atom stereocenters. The molecule has 18 heavy (non-hydrogen) atoms. The van der Waals surface area contributed by atoms with Crippen molar-refractivity contribution >= 4 is 9.84 Å². The molecule has 0 bridgehead atoms. The van der Waals surface area contributed by atoms with E-state index in [0.717, 1.165) is 32.1 Å². The first-order valence-corrected chi connectivity index (χ1v) is 9.12. The van der Waals surface area contributed by atoms with Crippen molar-refractivity contribution in [1.29, 1.82) is 0 Å². The van der Waals surface area contributed by atoms with E-state index in [1.54, 1.807) is 0 Å². The molecule has 1 N–H and O–H groups in total. The fraction of sp³-hybridized carbons (Fsp3) is 1.00. The van der Waals surface area contributed by atoms with Gasteiger partial charge in [0.2, 0.25) is 0 Å². The molecule has 0 saturated carbocycles. The van der Waals surface area contributed by atoms with Gasteiger partial charge in [0.1, 0.15) is 0 Å². The summed E-state index contributed by atoms with van der Waals surface area (Å²) in [6.07, 6.45) is 6.81. The van der Waals surface area contributed by atoms with Crippen LogP contribution in [0.25, 0.3) is 0 Å². The summed E-state index contributed by atoms with van der Waals surface area (Å²) in [6.45, 7) is 4.29. The molecule has 0 aromatic carbocycles. The van der Waals surface area contributed by atoms with Crippen LogP contribution in [-0.4, -0.2) is 30.6 Å². The molecule has 1 saturated heterocycles. The zero-order chi connectivity index (χ0) is 13.6. The third-order valence-electron chi connectivity index (χ3n) is 4.18. The van der Waals surface area contributed by atoms with E-state index < -0.39 is 21.2 Å². The summed E-state index contributed by atoms with van der Waals surface area (Å²) >= 11 is 0. The summed E-state index contributed by atoms with van der Waals surface area (Å²) in [4.78, 5) is 0. The fourth-order valence-electron chi connectivity index (χ4n) is 2.89. The number of aliphatic hydroxyl groups excluding tert-OH is 1. The number of hydrogen-bond donors (Lipinski definition) is 1. The molecular weight excluding hydrogens is 248 g/mol. The first kappa shape index (κ1) is 16.0. The molecule has 1 fully saturated rings. The van der Waals surface area contributed by atoms with Crippen molar-refractivity contribution in [1.82, 2.24) is 0 Å². The van der Waals surface area contributed by atoms with Crippen LogP contribution < -0.4 is 0 Å². The van der Waals surface area contributed by atoms with Crippen molar-refractivity contribution < 1.29 is 13.5 Å². The van der Waals surface area contributed by atoms with Gasteiger partial charge in [-0.15, -0.1) is 0 Å². The Bertz CT molecular complexity index is 324. The Hall–Kier alpha value is -0.0900. The Morgan fingerprint density at radius 3 is 2.56 bits per heavy atom. The second-order valence-corrected chi connectivity index (χ2v) is 7.96. The maximum atomic E-state index is 11.9. The molecule has 0 aliphatic carbocycles. The van der Waals surface area contributed by atoms with Gasteiger partial charge in [0.05, 0.1) is 17.1 Å². The molecule has 4 heteroatoms. The summed E-state index contributed by atoms with van der Waals surface area (Å²) in [7, 11) is -3.05. The topological polar surface area (TPSA) is 54.4 Å². The lowest BCUT2D eigenvalue weighted by atomic mass is 9.91. The van der Waals surface area contributed by atoms with Crippen molar-refractivity contribution in [2.75, 3.05) is 5.75 Å². The second-order valence-electron chi connectivity index (χ2n) is 5.62. The van der Waals surface area contributed by atoms with Crippen LogP contribution in [0.1, 0.15) is 65.2 Å². The molecule has 0 aromatic rings. The quantitative estimate of drug-likeness (QED) is 0.778. The Kier molecular flexibility index (Phi) is 6.64. The minimum absolute atomic E-state index is 0.264. The molecule has 1 aliphatic rings. The highest BCUT2D eigenvalue weighted by Gasteiger charge is 2.35. The Morgan fingerprint density at radius 2 is 2.00 bits per heavy atom. The van der Waals surface area contributed by atoms with Gasteiger partial charge in [0, 0.05) is 0 Å². The first-order chi connectivity index (χ1) is 8.51. The molecule has 0 amide bonds. The Balaban J connectivity index is 2.54. The van der Waals surface area contributed by atoms with Crippen LogP contribution in [0.2, 0.25) is 0 Å². The van der Waals surface area contributed by atoms with Gasteiger partial charge in [0.25, 0.3) is 0 Å². The highest BCUT2D eigenvalue weighted by molar-refractivity contribution is 7.92. The van der Waals surface area contributed by atoms with Crippen molar-refractivity contribution in [3.05, 3.63) is 0 Å². The Morgan fingerprint density at radius 1 is 1.28 bits per heavy atom. The van der Waals surface area contributed by atoms with E-state index in [2.05, 4.69) is 13.8 Å². The predicted molar refractivity (Wildman–Crippen MR) is 75.4 cm³/mol. The van der Waals surface area contributed by atoms with Crippen molar-refractivity contribution in [2.45, 2.75) is 76.6 Å². The summed E-state index contributed by atoms with van der Waals surface area (Å²) in [5, 5.41) is 9.73. The van der Waals surface area contributed by atoms with Gasteiger partial charge in [-0.1, -0.05) is 46.0 Å². The van der Waals surface area contributed by atoms with Crippen LogP contribution in [0.15, 0.2) is 0 Å². The van der Waals surface area contributed by atoms with Crippen LogP contribution in [0.5, 0.6) is 0 Å². The molecule has 0 radical (unpaired) electrons. The molecule has 1 aliphatic heterocycles. The lowest BCUT2D eigenvalue weighted by molar-refractivity contribution is 0.127. The van der Waals surface area contributed by atoms with Gasteiger partial charge in [-0.25, -0.2) is 8.42 Å². The second kappa shape index (κ2) is 7.49. The lowest BCUT2D eigenvalue weighted by Crippen LogP contribution is -2.39. The average molecular weight is 276 g/mol. The van der Waals surface area contributed by atoms with Gasteiger partial charge >= 0.3 is 0 Å². The summed E-state index contributed by atoms with van der Waals surface area (Å²) in [6, 6.07) is 0. The highest BCUT2D eigenvalue weighted by Crippen LogP contribution is 2.27. The molecule has 1 rings (SSSR count). The number of rotatable bonds is 7. The molecule has 108 valence electrons. The van der Waals surface area contributed by atoms with Gasteiger partial charge < -0.3 is 5.11 Å². The maximum absolute atomic E-state index is 11.9. The van der Waals surface area contributed by atoms with Crippen LogP contribution in [-0.2, 0) is 9.84 Å². The molecule has 3 nitrogen and oxygen atoms in total. The zero-order valence-corrected chi connectivity index (χ0v) is 12.6. The smallest absolute Gasteiger partial charge is 0.155 e. The van der Waals surface area contributed by atoms with Crippen molar-refractivity contribution in [3.8, 4) is 0 Å². The maximum Gasteiger partial charge on any atom is 0.155 e. The standard InChI is InChI=1S/C14H28O3S/c1-3-5-8-12(4-2)11-13(15)14-9-6-7-10-18(14,16)17/h12-15H,3-11H2,1-2H3. The van der Waals surface area contributed by atoms with Crippen LogP contribution in [0, 0.1) is 5.92 Å². The minimum Gasteiger partial charge on any atom is -0.392 e. The Labute approximate surface area is 112 Å². The normalized spacial score (nSPS) is 26.7. The monoisotopic (exact) mass is 276 g/mol. The van der Waals surface area contributed by atoms with Gasteiger partial charge in [-0.2, -0.15) is 0 Å². The molecule has 0 aromatic heterocycles. The largest absolute Gasteiger partial charge is 0.392 e. The molecule has 0 spiro atoms. The van der Waals surface area contributed by atoms with E-state index in [4.69, 9.17) is 0 Å². The van der Waals surface area contributed by atoms with E-state index in [-0.39, 0.29) is 5.75 Å². The van der Waals surface area contributed by atoms with Gasteiger partial charge in [0.15, 0.2) is 9.84 Å². The average Bonchev–Trinajstić information content (AvgIpc) is 2.33. The van der Waals surface area contributed by atoms with Gasteiger partial charge in [-0.3, -0.25) is 0 Å². The number of sulfone groups is 1. The molecule has 1 heterocycles.